The monoisotopic (exact) mass is 325 g/mol. The molecule has 0 fully saturated rings. The van der Waals surface area contributed by atoms with Crippen molar-refractivity contribution in [3.05, 3.63) is 63.1 Å². The highest BCUT2D eigenvalue weighted by Crippen LogP contribution is 2.28. The Hall–Kier alpha value is -1.03. The Morgan fingerprint density at radius 1 is 1.17 bits per heavy atom. The Labute approximate surface area is 120 Å². The number of methoxy groups -OCH3 is 1. The van der Waals surface area contributed by atoms with Crippen molar-refractivity contribution >= 4 is 27.5 Å². The van der Waals surface area contributed by atoms with Crippen molar-refractivity contribution in [1.82, 2.24) is 0 Å². The molecule has 2 nitrogen and oxygen atoms in total. The molecule has 1 atom stereocenters. The zero-order valence-electron chi connectivity index (χ0n) is 9.86. The van der Waals surface area contributed by atoms with Crippen molar-refractivity contribution in [3.63, 3.8) is 0 Å². The van der Waals surface area contributed by atoms with E-state index < -0.39 is 0 Å². The maximum atomic E-state index is 6.23. The molecule has 4 heteroatoms. The van der Waals surface area contributed by atoms with Crippen LogP contribution < -0.4 is 10.5 Å². The highest BCUT2D eigenvalue weighted by atomic mass is 79.9. The molecule has 0 saturated heterocycles. The van der Waals surface area contributed by atoms with Gasteiger partial charge >= 0.3 is 0 Å². The van der Waals surface area contributed by atoms with Crippen molar-refractivity contribution in [2.45, 2.75) is 6.04 Å². The summed E-state index contributed by atoms with van der Waals surface area (Å²) < 4.78 is 6.06. The molecule has 0 aliphatic heterocycles. The summed E-state index contributed by atoms with van der Waals surface area (Å²) in [5.74, 6) is 0.797. The Balaban J connectivity index is 2.34. The van der Waals surface area contributed by atoms with Crippen LogP contribution in [-0.2, 0) is 0 Å². The van der Waals surface area contributed by atoms with Gasteiger partial charge in [-0.15, -0.1) is 0 Å². The summed E-state index contributed by atoms with van der Waals surface area (Å²) in [4.78, 5) is 0. The Morgan fingerprint density at radius 3 is 2.56 bits per heavy atom. The topological polar surface area (TPSA) is 35.2 Å². The molecule has 94 valence electrons. The van der Waals surface area contributed by atoms with Gasteiger partial charge in [0, 0.05) is 4.47 Å². The molecule has 0 heterocycles. The number of hydrogen-bond donors (Lipinski definition) is 1. The number of ether oxygens (including phenoxy) is 1. The average molecular weight is 327 g/mol. The molecule has 2 aromatic rings. The standard InChI is InChI=1S/C14H13BrClNO/c1-18-11-4-2-3-9(7-11)14(17)10-5-6-12(15)13(16)8-10/h2-8,14H,17H2,1H3. The number of halogens is 2. The van der Waals surface area contributed by atoms with E-state index in [-0.39, 0.29) is 6.04 Å². The molecule has 2 aromatic carbocycles. The lowest BCUT2D eigenvalue weighted by Crippen LogP contribution is -2.11. The molecule has 0 aromatic heterocycles. The van der Waals surface area contributed by atoms with Gasteiger partial charge in [-0.05, 0) is 51.3 Å². The van der Waals surface area contributed by atoms with Crippen LogP contribution in [0.5, 0.6) is 5.75 Å². The number of benzene rings is 2. The van der Waals surface area contributed by atoms with Crippen LogP contribution in [0, 0.1) is 0 Å². The lowest BCUT2D eigenvalue weighted by atomic mass is 9.99. The van der Waals surface area contributed by atoms with E-state index in [1.54, 1.807) is 7.11 Å². The molecule has 0 saturated carbocycles. The summed E-state index contributed by atoms with van der Waals surface area (Å²) in [6.07, 6.45) is 0. The van der Waals surface area contributed by atoms with E-state index in [1.165, 1.54) is 0 Å². The molecule has 0 aliphatic rings. The predicted octanol–water partition coefficient (Wildman–Crippen LogP) is 4.16. The largest absolute Gasteiger partial charge is 0.497 e. The number of rotatable bonds is 3. The average Bonchev–Trinajstić information content (AvgIpc) is 2.41. The lowest BCUT2D eigenvalue weighted by molar-refractivity contribution is 0.414. The maximum Gasteiger partial charge on any atom is 0.119 e. The molecule has 0 bridgehead atoms. The minimum Gasteiger partial charge on any atom is -0.497 e. The maximum absolute atomic E-state index is 6.23. The van der Waals surface area contributed by atoms with Crippen molar-refractivity contribution in [3.8, 4) is 5.75 Å². The van der Waals surface area contributed by atoms with Gasteiger partial charge in [0.25, 0.3) is 0 Å². The van der Waals surface area contributed by atoms with Crippen molar-refractivity contribution in [2.24, 2.45) is 5.73 Å². The molecular formula is C14H13BrClNO. The fourth-order valence-corrected chi connectivity index (χ4v) is 2.17. The fourth-order valence-electron chi connectivity index (χ4n) is 1.73. The van der Waals surface area contributed by atoms with Crippen molar-refractivity contribution in [1.29, 1.82) is 0 Å². The summed E-state index contributed by atoms with van der Waals surface area (Å²) in [6.45, 7) is 0. The van der Waals surface area contributed by atoms with E-state index >= 15 is 0 Å². The summed E-state index contributed by atoms with van der Waals surface area (Å²) in [5, 5.41) is 0.658. The second kappa shape index (κ2) is 5.74. The van der Waals surface area contributed by atoms with E-state index in [4.69, 9.17) is 22.1 Å². The molecule has 0 radical (unpaired) electrons. The molecule has 2 rings (SSSR count). The van der Waals surface area contributed by atoms with Gasteiger partial charge < -0.3 is 10.5 Å². The van der Waals surface area contributed by atoms with Gasteiger partial charge in [0.2, 0.25) is 0 Å². The first kappa shape index (κ1) is 13.4. The minimum absolute atomic E-state index is 0.217. The second-order valence-corrected chi connectivity index (χ2v) is 5.19. The first-order valence-corrected chi connectivity index (χ1v) is 6.63. The molecule has 0 amide bonds. The van der Waals surface area contributed by atoms with E-state index in [1.807, 2.05) is 42.5 Å². The van der Waals surface area contributed by atoms with Crippen LogP contribution in [0.15, 0.2) is 46.9 Å². The third-order valence-corrected chi connectivity index (χ3v) is 3.99. The van der Waals surface area contributed by atoms with Gasteiger partial charge in [0.1, 0.15) is 5.75 Å². The second-order valence-electron chi connectivity index (χ2n) is 3.93. The molecule has 0 aliphatic carbocycles. The SMILES string of the molecule is COc1cccc(C(N)c2ccc(Br)c(Cl)c2)c1. The van der Waals surface area contributed by atoms with Crippen molar-refractivity contribution in [2.75, 3.05) is 7.11 Å². The predicted molar refractivity (Wildman–Crippen MR) is 78.2 cm³/mol. The van der Waals surface area contributed by atoms with E-state index in [9.17, 15) is 0 Å². The summed E-state index contributed by atoms with van der Waals surface area (Å²) in [5.41, 5.74) is 8.19. The van der Waals surface area contributed by atoms with Crippen LogP contribution >= 0.6 is 27.5 Å². The number of nitrogens with two attached hydrogens (primary N) is 1. The van der Waals surface area contributed by atoms with Gasteiger partial charge in [-0.1, -0.05) is 29.8 Å². The van der Waals surface area contributed by atoms with Crippen LogP contribution in [0.3, 0.4) is 0 Å². The van der Waals surface area contributed by atoms with Crippen molar-refractivity contribution < 1.29 is 4.74 Å². The van der Waals surface area contributed by atoms with Crippen LogP contribution in [-0.4, -0.2) is 7.11 Å². The van der Waals surface area contributed by atoms with Gasteiger partial charge in [-0.3, -0.25) is 0 Å². The van der Waals surface area contributed by atoms with Gasteiger partial charge in [-0.25, -0.2) is 0 Å². The van der Waals surface area contributed by atoms with E-state index in [0.29, 0.717) is 5.02 Å². The Bertz CT molecular complexity index is 559. The third-order valence-electron chi connectivity index (χ3n) is 2.76. The van der Waals surface area contributed by atoms with Crippen LogP contribution in [0.1, 0.15) is 17.2 Å². The first-order chi connectivity index (χ1) is 8.61. The Morgan fingerprint density at radius 2 is 1.89 bits per heavy atom. The van der Waals surface area contributed by atoms with Gasteiger partial charge in [-0.2, -0.15) is 0 Å². The van der Waals surface area contributed by atoms with Crippen LogP contribution in [0.2, 0.25) is 5.02 Å². The quantitative estimate of drug-likeness (QED) is 0.919. The number of hydrogen-bond acceptors (Lipinski definition) is 2. The highest BCUT2D eigenvalue weighted by Gasteiger charge is 2.11. The smallest absolute Gasteiger partial charge is 0.119 e. The fraction of sp³-hybridized carbons (Fsp3) is 0.143. The van der Waals surface area contributed by atoms with Gasteiger partial charge in [0.15, 0.2) is 0 Å². The minimum atomic E-state index is -0.217. The zero-order chi connectivity index (χ0) is 13.1. The van der Waals surface area contributed by atoms with E-state index in [0.717, 1.165) is 21.3 Å². The van der Waals surface area contributed by atoms with Gasteiger partial charge in [0.05, 0.1) is 18.2 Å². The Kier molecular flexibility index (Phi) is 4.27. The summed E-state index contributed by atoms with van der Waals surface area (Å²) >= 11 is 9.44. The normalized spacial score (nSPS) is 12.2. The van der Waals surface area contributed by atoms with E-state index in [2.05, 4.69) is 15.9 Å². The molecule has 0 spiro atoms. The van der Waals surface area contributed by atoms with Crippen LogP contribution in [0.4, 0.5) is 0 Å². The molecule has 2 N–H and O–H groups in total. The highest BCUT2D eigenvalue weighted by molar-refractivity contribution is 9.10. The van der Waals surface area contributed by atoms with Crippen LogP contribution in [0.25, 0.3) is 0 Å². The lowest BCUT2D eigenvalue weighted by Gasteiger charge is -2.14. The third kappa shape index (κ3) is 2.86. The summed E-state index contributed by atoms with van der Waals surface area (Å²) in [7, 11) is 1.64. The molecule has 18 heavy (non-hydrogen) atoms. The zero-order valence-corrected chi connectivity index (χ0v) is 12.2. The molecular weight excluding hydrogens is 314 g/mol. The molecule has 1 unspecified atom stereocenters. The first-order valence-electron chi connectivity index (χ1n) is 5.46. The summed E-state index contributed by atoms with van der Waals surface area (Å²) in [6, 6.07) is 13.2.